The van der Waals surface area contributed by atoms with Gasteiger partial charge in [-0.1, -0.05) is 42.5 Å². The van der Waals surface area contributed by atoms with Gasteiger partial charge in [0, 0.05) is 17.8 Å². The average molecular weight is 390 g/mol. The molecule has 0 saturated carbocycles. The number of hydrogen-bond donors (Lipinski definition) is 1. The number of nitrogens with one attached hydrogen (secondary N) is 1. The maximum atomic E-state index is 13.3. The minimum absolute atomic E-state index is 0.0616. The number of benzene rings is 2. The Morgan fingerprint density at radius 3 is 2.37 bits per heavy atom. The minimum atomic E-state index is -3.54. The van der Waals surface area contributed by atoms with Crippen LogP contribution in [0.3, 0.4) is 0 Å². The van der Waals surface area contributed by atoms with Crippen LogP contribution in [0.1, 0.15) is 19.4 Å². The largest absolute Gasteiger partial charge is 0.368 e. The van der Waals surface area contributed by atoms with Crippen molar-refractivity contribution in [1.82, 2.24) is 0 Å². The SMILES string of the molecule is CCOP(=O)(OCC)C(/C=C/c1ccccc1)Nc1cccc([N+](=O)[O-])c1. The summed E-state index contributed by atoms with van der Waals surface area (Å²) in [6.45, 7) is 3.89. The number of rotatable bonds is 10. The van der Waals surface area contributed by atoms with Crippen molar-refractivity contribution in [3.8, 4) is 0 Å². The molecular formula is C19H23N2O5P. The van der Waals surface area contributed by atoms with Gasteiger partial charge in [-0.15, -0.1) is 0 Å². The Morgan fingerprint density at radius 2 is 1.78 bits per heavy atom. The van der Waals surface area contributed by atoms with E-state index in [9.17, 15) is 14.7 Å². The van der Waals surface area contributed by atoms with Gasteiger partial charge in [0.15, 0.2) is 0 Å². The smallest absolute Gasteiger partial charge is 0.356 e. The van der Waals surface area contributed by atoms with Crippen molar-refractivity contribution in [2.24, 2.45) is 0 Å². The fraction of sp³-hybridized carbons (Fsp3) is 0.263. The van der Waals surface area contributed by atoms with E-state index < -0.39 is 18.3 Å². The van der Waals surface area contributed by atoms with Crippen LogP contribution in [0.2, 0.25) is 0 Å². The molecule has 2 aromatic rings. The molecule has 0 fully saturated rings. The monoisotopic (exact) mass is 390 g/mol. The summed E-state index contributed by atoms with van der Waals surface area (Å²) in [4.78, 5) is 10.5. The lowest BCUT2D eigenvalue weighted by Crippen LogP contribution is -2.20. The summed E-state index contributed by atoms with van der Waals surface area (Å²) in [5.41, 5.74) is 1.31. The molecule has 0 aliphatic carbocycles. The van der Waals surface area contributed by atoms with E-state index in [0.717, 1.165) is 5.56 Å². The zero-order valence-corrected chi connectivity index (χ0v) is 16.2. The summed E-state index contributed by atoms with van der Waals surface area (Å²) >= 11 is 0. The molecule has 0 heterocycles. The maximum absolute atomic E-state index is 13.3. The van der Waals surface area contributed by atoms with Crippen molar-refractivity contribution in [3.63, 3.8) is 0 Å². The Balaban J connectivity index is 2.36. The fourth-order valence-corrected chi connectivity index (χ4v) is 4.16. The maximum Gasteiger partial charge on any atom is 0.356 e. The highest BCUT2D eigenvalue weighted by atomic mass is 31.2. The zero-order valence-electron chi connectivity index (χ0n) is 15.3. The Hall–Kier alpha value is -2.47. The van der Waals surface area contributed by atoms with Crippen molar-refractivity contribution in [1.29, 1.82) is 0 Å². The number of nitro benzene ring substituents is 1. The molecule has 0 bridgehead atoms. The predicted molar refractivity (Wildman–Crippen MR) is 107 cm³/mol. The normalized spacial score (nSPS) is 12.8. The molecule has 27 heavy (non-hydrogen) atoms. The van der Waals surface area contributed by atoms with Gasteiger partial charge in [0.05, 0.1) is 18.1 Å². The average Bonchev–Trinajstić information content (AvgIpc) is 2.66. The van der Waals surface area contributed by atoms with E-state index in [1.165, 1.54) is 12.1 Å². The van der Waals surface area contributed by atoms with Crippen LogP contribution in [0, 0.1) is 10.1 Å². The number of nitro groups is 1. The van der Waals surface area contributed by atoms with Crippen molar-refractivity contribution < 1.29 is 18.5 Å². The number of nitrogens with zero attached hydrogens (tertiary/aromatic N) is 1. The summed E-state index contributed by atoms with van der Waals surface area (Å²) in [5.74, 6) is -0.806. The van der Waals surface area contributed by atoms with Gasteiger partial charge in [0.1, 0.15) is 5.78 Å². The highest BCUT2D eigenvalue weighted by molar-refractivity contribution is 7.55. The Labute approximate surface area is 158 Å². The van der Waals surface area contributed by atoms with E-state index in [-0.39, 0.29) is 18.9 Å². The predicted octanol–water partition coefficient (Wildman–Crippen LogP) is 5.31. The molecule has 8 heteroatoms. The summed E-state index contributed by atoms with van der Waals surface area (Å²) in [6.07, 6.45) is 3.50. The standard InChI is InChI=1S/C19H23N2O5P/c1-3-25-27(24,26-4-2)19(14-13-16-9-6-5-7-10-16)20-17-11-8-12-18(15-17)21(22)23/h5-15,19-20H,3-4H2,1-2H3/b14-13+. The Morgan fingerprint density at radius 1 is 1.11 bits per heavy atom. The molecule has 1 unspecified atom stereocenters. The van der Waals surface area contributed by atoms with Crippen LogP contribution in [0.15, 0.2) is 60.7 Å². The molecule has 1 atom stereocenters. The van der Waals surface area contributed by atoms with Crippen LogP contribution in [0.4, 0.5) is 11.4 Å². The van der Waals surface area contributed by atoms with E-state index >= 15 is 0 Å². The van der Waals surface area contributed by atoms with E-state index in [0.29, 0.717) is 5.69 Å². The van der Waals surface area contributed by atoms with Crippen molar-refractivity contribution in [2.45, 2.75) is 19.6 Å². The molecule has 0 saturated heterocycles. The highest BCUT2D eigenvalue weighted by Gasteiger charge is 2.34. The van der Waals surface area contributed by atoms with Gasteiger partial charge in [0.2, 0.25) is 0 Å². The van der Waals surface area contributed by atoms with E-state index in [4.69, 9.17) is 9.05 Å². The molecule has 0 amide bonds. The van der Waals surface area contributed by atoms with Crippen LogP contribution in [-0.2, 0) is 13.6 Å². The number of hydrogen-bond acceptors (Lipinski definition) is 6. The lowest BCUT2D eigenvalue weighted by molar-refractivity contribution is -0.384. The molecule has 2 aromatic carbocycles. The van der Waals surface area contributed by atoms with Gasteiger partial charge in [-0.3, -0.25) is 14.7 Å². The molecule has 1 N–H and O–H groups in total. The third-order valence-corrected chi connectivity index (χ3v) is 5.82. The van der Waals surface area contributed by atoms with E-state index in [1.807, 2.05) is 30.3 Å². The molecule has 0 aliphatic heterocycles. The van der Waals surface area contributed by atoms with Crippen LogP contribution in [0.25, 0.3) is 6.08 Å². The molecule has 7 nitrogen and oxygen atoms in total. The Kier molecular flexibility index (Phi) is 7.73. The second kappa shape index (κ2) is 10.0. The van der Waals surface area contributed by atoms with Crippen LogP contribution < -0.4 is 5.32 Å². The van der Waals surface area contributed by atoms with Crippen molar-refractivity contribution >= 4 is 25.0 Å². The first-order valence-electron chi connectivity index (χ1n) is 8.61. The first-order valence-corrected chi connectivity index (χ1v) is 10.2. The molecule has 0 radical (unpaired) electrons. The van der Waals surface area contributed by atoms with Crippen LogP contribution >= 0.6 is 7.60 Å². The molecule has 0 aliphatic rings. The number of anilines is 1. The summed E-state index contributed by atoms with van der Waals surface area (Å²) in [7, 11) is -3.54. The second-order valence-electron chi connectivity index (χ2n) is 5.54. The summed E-state index contributed by atoms with van der Waals surface area (Å²) < 4.78 is 24.2. The summed E-state index contributed by atoms with van der Waals surface area (Å²) in [5, 5.41) is 14.1. The fourth-order valence-electron chi connectivity index (χ4n) is 2.44. The van der Waals surface area contributed by atoms with Gasteiger partial charge in [-0.05, 0) is 31.6 Å². The number of non-ortho nitro benzene ring substituents is 1. The quantitative estimate of drug-likeness (QED) is 0.336. The summed E-state index contributed by atoms with van der Waals surface area (Å²) in [6, 6.07) is 15.5. The van der Waals surface area contributed by atoms with Gasteiger partial charge in [-0.25, -0.2) is 0 Å². The molecule has 0 spiro atoms. The first kappa shape index (κ1) is 20.8. The third-order valence-electron chi connectivity index (χ3n) is 3.60. The van der Waals surface area contributed by atoms with Gasteiger partial charge < -0.3 is 14.4 Å². The zero-order chi connectivity index (χ0) is 19.7. The highest BCUT2D eigenvalue weighted by Crippen LogP contribution is 2.53. The van der Waals surface area contributed by atoms with Gasteiger partial charge in [0.25, 0.3) is 5.69 Å². The lowest BCUT2D eigenvalue weighted by atomic mass is 10.2. The van der Waals surface area contributed by atoms with E-state index in [1.54, 1.807) is 38.1 Å². The molecule has 144 valence electrons. The topological polar surface area (TPSA) is 90.7 Å². The van der Waals surface area contributed by atoms with Crippen LogP contribution in [-0.4, -0.2) is 23.9 Å². The third kappa shape index (κ3) is 6.03. The van der Waals surface area contributed by atoms with Gasteiger partial charge in [-0.2, -0.15) is 0 Å². The van der Waals surface area contributed by atoms with Crippen molar-refractivity contribution in [2.75, 3.05) is 18.5 Å². The molecule has 0 aromatic heterocycles. The second-order valence-corrected chi connectivity index (χ2v) is 7.69. The molecule has 2 rings (SSSR count). The van der Waals surface area contributed by atoms with E-state index in [2.05, 4.69) is 5.32 Å². The molecular weight excluding hydrogens is 367 g/mol. The lowest BCUT2D eigenvalue weighted by Gasteiger charge is -2.25. The Bertz CT molecular complexity index is 816. The van der Waals surface area contributed by atoms with Crippen LogP contribution in [0.5, 0.6) is 0 Å². The first-order chi connectivity index (χ1) is 13.0. The minimum Gasteiger partial charge on any atom is -0.368 e. The van der Waals surface area contributed by atoms with Crippen molar-refractivity contribution in [3.05, 3.63) is 76.4 Å². The van der Waals surface area contributed by atoms with Gasteiger partial charge >= 0.3 is 7.60 Å².